The SMILES string of the molecule is Cc1cc(Br)ccc1NC(=O)c1ccc(Cl)c(S(=O)(=O)N2CCOCC2)c1. The van der Waals surface area contributed by atoms with Gasteiger partial charge >= 0.3 is 0 Å². The fraction of sp³-hybridized carbons (Fsp3) is 0.278. The summed E-state index contributed by atoms with van der Waals surface area (Å²) in [4.78, 5) is 12.5. The Morgan fingerprint density at radius 2 is 1.89 bits per heavy atom. The van der Waals surface area contributed by atoms with Crippen molar-refractivity contribution in [2.75, 3.05) is 31.6 Å². The lowest BCUT2D eigenvalue weighted by molar-refractivity contribution is 0.0730. The number of benzene rings is 2. The minimum atomic E-state index is -3.80. The summed E-state index contributed by atoms with van der Waals surface area (Å²) in [5, 5.41) is 2.88. The fourth-order valence-corrected chi connectivity index (χ4v) is 5.11. The molecule has 0 aromatic heterocycles. The molecule has 0 spiro atoms. The number of anilines is 1. The van der Waals surface area contributed by atoms with Gasteiger partial charge in [-0.15, -0.1) is 0 Å². The molecule has 0 bridgehead atoms. The van der Waals surface area contributed by atoms with Crippen LogP contribution in [0, 0.1) is 6.92 Å². The van der Waals surface area contributed by atoms with Crippen molar-refractivity contribution in [1.82, 2.24) is 4.31 Å². The summed E-state index contributed by atoms with van der Waals surface area (Å²) in [5.74, 6) is -0.407. The smallest absolute Gasteiger partial charge is 0.255 e. The van der Waals surface area contributed by atoms with Crippen LogP contribution in [0.25, 0.3) is 0 Å². The molecule has 27 heavy (non-hydrogen) atoms. The maximum absolute atomic E-state index is 12.9. The first-order chi connectivity index (χ1) is 12.8. The van der Waals surface area contributed by atoms with Crippen LogP contribution >= 0.6 is 27.5 Å². The predicted octanol–water partition coefficient (Wildman–Crippen LogP) is 3.68. The van der Waals surface area contributed by atoms with Crippen LogP contribution in [0.4, 0.5) is 5.69 Å². The van der Waals surface area contributed by atoms with Crippen molar-refractivity contribution in [3.63, 3.8) is 0 Å². The third-order valence-electron chi connectivity index (χ3n) is 4.22. The lowest BCUT2D eigenvalue weighted by atomic mass is 10.1. The van der Waals surface area contributed by atoms with Gasteiger partial charge in [0.1, 0.15) is 4.90 Å². The second kappa shape index (κ2) is 8.28. The van der Waals surface area contributed by atoms with Gasteiger partial charge in [0.25, 0.3) is 5.91 Å². The van der Waals surface area contributed by atoms with E-state index in [0.29, 0.717) is 18.9 Å². The quantitative estimate of drug-likeness (QED) is 0.735. The molecule has 0 aliphatic carbocycles. The number of nitrogens with one attached hydrogen (secondary N) is 1. The van der Waals surface area contributed by atoms with Crippen molar-refractivity contribution in [3.05, 3.63) is 57.0 Å². The zero-order valence-electron chi connectivity index (χ0n) is 14.5. The molecular formula is C18H18BrClN2O4S. The number of carbonyl (C=O) groups is 1. The molecule has 9 heteroatoms. The van der Waals surface area contributed by atoms with E-state index in [4.69, 9.17) is 16.3 Å². The first kappa shape index (κ1) is 20.3. The Balaban J connectivity index is 1.89. The molecule has 1 N–H and O–H groups in total. The normalized spacial score (nSPS) is 15.5. The molecule has 0 atom stereocenters. The average molecular weight is 474 g/mol. The van der Waals surface area contributed by atoms with Gasteiger partial charge < -0.3 is 10.1 Å². The van der Waals surface area contributed by atoms with Crippen molar-refractivity contribution < 1.29 is 17.9 Å². The molecule has 144 valence electrons. The summed E-state index contributed by atoms with van der Waals surface area (Å²) < 4.78 is 33.2. The van der Waals surface area contributed by atoms with Gasteiger partial charge in [-0.2, -0.15) is 4.31 Å². The molecule has 1 aliphatic rings. The third-order valence-corrected chi connectivity index (χ3v) is 7.09. The Hall–Kier alpha value is -1.45. The molecule has 0 saturated carbocycles. The average Bonchev–Trinajstić information content (AvgIpc) is 2.65. The zero-order chi connectivity index (χ0) is 19.6. The standard InChI is InChI=1S/C18H18BrClN2O4S/c1-12-10-14(19)3-5-16(12)21-18(23)13-2-4-15(20)17(11-13)27(24,25)22-6-8-26-9-7-22/h2-5,10-11H,6-9H2,1H3,(H,21,23). The number of hydrogen-bond acceptors (Lipinski definition) is 4. The minimum absolute atomic E-state index is 0.0776. The van der Waals surface area contributed by atoms with Crippen LogP contribution in [0.5, 0.6) is 0 Å². The summed E-state index contributed by atoms with van der Waals surface area (Å²) in [6.07, 6.45) is 0. The molecule has 1 saturated heterocycles. The monoisotopic (exact) mass is 472 g/mol. The Bertz CT molecular complexity index is 975. The van der Waals surface area contributed by atoms with Crippen LogP contribution < -0.4 is 5.32 Å². The van der Waals surface area contributed by atoms with E-state index in [2.05, 4.69) is 21.2 Å². The summed E-state index contributed by atoms with van der Waals surface area (Å²) in [6.45, 7) is 3.05. The van der Waals surface area contributed by atoms with E-state index in [1.807, 2.05) is 19.1 Å². The highest BCUT2D eigenvalue weighted by atomic mass is 79.9. The second-order valence-corrected chi connectivity index (χ2v) is 9.30. The number of sulfonamides is 1. The highest BCUT2D eigenvalue weighted by Crippen LogP contribution is 2.27. The van der Waals surface area contributed by atoms with Crippen LogP contribution in [0.1, 0.15) is 15.9 Å². The van der Waals surface area contributed by atoms with E-state index < -0.39 is 15.9 Å². The lowest BCUT2D eigenvalue weighted by Gasteiger charge is -2.26. The molecule has 1 heterocycles. The Morgan fingerprint density at radius 1 is 1.19 bits per heavy atom. The second-order valence-electron chi connectivity index (χ2n) is 6.08. The van der Waals surface area contributed by atoms with Gasteiger partial charge in [-0.05, 0) is 48.9 Å². The number of nitrogens with zero attached hydrogens (tertiary/aromatic N) is 1. The molecule has 1 aliphatic heterocycles. The molecule has 3 rings (SSSR count). The van der Waals surface area contributed by atoms with E-state index in [9.17, 15) is 13.2 Å². The summed E-state index contributed by atoms with van der Waals surface area (Å²) in [7, 11) is -3.80. The maximum atomic E-state index is 12.9. The molecule has 2 aromatic rings. The van der Waals surface area contributed by atoms with Crippen molar-refractivity contribution in [3.8, 4) is 0 Å². The van der Waals surface area contributed by atoms with Gasteiger partial charge in [-0.25, -0.2) is 8.42 Å². The largest absolute Gasteiger partial charge is 0.379 e. The van der Waals surface area contributed by atoms with E-state index in [1.165, 1.54) is 22.5 Å². The number of halogens is 2. The summed E-state index contributed by atoms with van der Waals surface area (Å²) >= 11 is 9.51. The number of aryl methyl sites for hydroxylation is 1. The number of carbonyl (C=O) groups excluding carboxylic acids is 1. The van der Waals surface area contributed by atoms with Gasteiger partial charge in [0.05, 0.1) is 18.2 Å². The van der Waals surface area contributed by atoms with Crippen molar-refractivity contribution >= 4 is 49.1 Å². The zero-order valence-corrected chi connectivity index (χ0v) is 17.7. The molecule has 1 amide bonds. The topological polar surface area (TPSA) is 75.7 Å². The Morgan fingerprint density at radius 3 is 2.56 bits per heavy atom. The first-order valence-electron chi connectivity index (χ1n) is 8.24. The summed E-state index contributed by atoms with van der Waals surface area (Å²) in [6, 6.07) is 9.72. The van der Waals surface area contributed by atoms with Gasteiger partial charge in [0.15, 0.2) is 0 Å². The highest BCUT2D eigenvalue weighted by molar-refractivity contribution is 9.10. The fourth-order valence-electron chi connectivity index (χ4n) is 2.73. The predicted molar refractivity (Wildman–Crippen MR) is 108 cm³/mol. The molecule has 1 fully saturated rings. The first-order valence-corrected chi connectivity index (χ1v) is 10.8. The van der Waals surface area contributed by atoms with Crippen LogP contribution in [0.3, 0.4) is 0 Å². The molecule has 2 aromatic carbocycles. The van der Waals surface area contributed by atoms with Gasteiger partial charge in [-0.3, -0.25) is 4.79 Å². The van der Waals surface area contributed by atoms with E-state index >= 15 is 0 Å². The number of morpholine rings is 1. The van der Waals surface area contributed by atoms with Crippen molar-refractivity contribution in [2.45, 2.75) is 11.8 Å². The Kier molecular flexibility index (Phi) is 6.22. The molecular weight excluding hydrogens is 456 g/mol. The number of rotatable bonds is 4. The Labute approximate surface area is 171 Å². The lowest BCUT2D eigenvalue weighted by Crippen LogP contribution is -2.40. The van der Waals surface area contributed by atoms with Gasteiger partial charge in [0, 0.05) is 28.8 Å². The molecule has 6 nitrogen and oxygen atoms in total. The number of hydrogen-bond donors (Lipinski definition) is 1. The van der Waals surface area contributed by atoms with Crippen molar-refractivity contribution in [2.24, 2.45) is 0 Å². The third kappa shape index (κ3) is 4.52. The van der Waals surface area contributed by atoms with Gasteiger partial charge in [-0.1, -0.05) is 27.5 Å². The highest BCUT2D eigenvalue weighted by Gasteiger charge is 2.29. The van der Waals surface area contributed by atoms with E-state index in [1.54, 1.807) is 6.07 Å². The van der Waals surface area contributed by atoms with Gasteiger partial charge in [0.2, 0.25) is 10.0 Å². The minimum Gasteiger partial charge on any atom is -0.379 e. The van der Waals surface area contributed by atoms with Crippen LogP contribution in [0.2, 0.25) is 5.02 Å². The van der Waals surface area contributed by atoms with Crippen LogP contribution in [-0.2, 0) is 14.8 Å². The van der Waals surface area contributed by atoms with Crippen LogP contribution in [0.15, 0.2) is 45.8 Å². The number of amides is 1. The van der Waals surface area contributed by atoms with E-state index in [-0.39, 0.29) is 28.6 Å². The van der Waals surface area contributed by atoms with Crippen LogP contribution in [-0.4, -0.2) is 44.9 Å². The van der Waals surface area contributed by atoms with Crippen molar-refractivity contribution in [1.29, 1.82) is 0 Å². The van der Waals surface area contributed by atoms with E-state index in [0.717, 1.165) is 10.0 Å². The summed E-state index contributed by atoms with van der Waals surface area (Å²) in [5.41, 5.74) is 1.75. The molecule has 0 radical (unpaired) electrons. The molecule has 0 unspecified atom stereocenters. The number of ether oxygens (including phenoxy) is 1. The maximum Gasteiger partial charge on any atom is 0.255 e.